The van der Waals surface area contributed by atoms with Gasteiger partial charge >= 0.3 is 0 Å². The summed E-state index contributed by atoms with van der Waals surface area (Å²) in [5.74, 6) is 0.980. The highest BCUT2D eigenvalue weighted by Crippen LogP contribution is 2.14. The van der Waals surface area contributed by atoms with Gasteiger partial charge in [0.15, 0.2) is 0 Å². The van der Waals surface area contributed by atoms with Crippen LogP contribution in [-0.4, -0.2) is 37.1 Å². The fraction of sp³-hybridized carbons (Fsp3) is 0.900. The Morgan fingerprint density at radius 1 is 1.50 bits per heavy atom. The highest BCUT2D eigenvalue weighted by atomic mass is 16.2. The number of nitrogens with zero attached hydrogens (tertiary/aromatic N) is 1. The van der Waals surface area contributed by atoms with Crippen LogP contribution in [0.15, 0.2) is 0 Å². The number of amides is 1. The number of nitrogens with one attached hydrogen (secondary N) is 2. The van der Waals surface area contributed by atoms with E-state index < -0.39 is 0 Å². The van der Waals surface area contributed by atoms with Crippen LogP contribution in [0.3, 0.4) is 0 Å². The highest BCUT2D eigenvalue weighted by Gasteiger charge is 2.19. The van der Waals surface area contributed by atoms with Gasteiger partial charge in [-0.1, -0.05) is 0 Å². The number of hydrogen-bond donors (Lipinski definition) is 2. The fourth-order valence-electron chi connectivity index (χ4n) is 2.20. The first kappa shape index (κ1) is 9.93. The summed E-state index contributed by atoms with van der Waals surface area (Å²) in [7, 11) is 0. The van der Waals surface area contributed by atoms with Gasteiger partial charge in [0.2, 0.25) is 5.91 Å². The molecule has 2 aliphatic heterocycles. The summed E-state index contributed by atoms with van der Waals surface area (Å²) in [5.41, 5.74) is 2.87. The van der Waals surface area contributed by atoms with E-state index in [-0.39, 0.29) is 5.91 Å². The molecule has 0 radical (unpaired) electrons. The van der Waals surface area contributed by atoms with Crippen molar-refractivity contribution < 1.29 is 4.79 Å². The van der Waals surface area contributed by atoms with E-state index >= 15 is 0 Å². The van der Waals surface area contributed by atoms with E-state index in [0.717, 1.165) is 25.6 Å². The Balaban J connectivity index is 1.63. The molecular weight excluding hydrogens is 178 g/mol. The Kier molecular flexibility index (Phi) is 3.37. The quantitative estimate of drug-likeness (QED) is 0.675. The smallest absolute Gasteiger partial charge is 0.235 e. The third-order valence-corrected chi connectivity index (χ3v) is 3.10. The molecule has 2 N–H and O–H groups in total. The van der Waals surface area contributed by atoms with E-state index in [2.05, 4.69) is 15.8 Å². The van der Waals surface area contributed by atoms with Gasteiger partial charge in [0.1, 0.15) is 0 Å². The van der Waals surface area contributed by atoms with Crippen LogP contribution in [0.1, 0.15) is 25.7 Å². The average Bonchev–Trinajstić information content (AvgIpc) is 2.63. The van der Waals surface area contributed by atoms with E-state index in [1.54, 1.807) is 0 Å². The van der Waals surface area contributed by atoms with Gasteiger partial charge in [0, 0.05) is 19.5 Å². The van der Waals surface area contributed by atoms with Crippen molar-refractivity contribution in [2.24, 2.45) is 5.92 Å². The highest BCUT2D eigenvalue weighted by molar-refractivity contribution is 5.77. The van der Waals surface area contributed by atoms with Crippen molar-refractivity contribution in [2.75, 3.05) is 26.2 Å². The van der Waals surface area contributed by atoms with Gasteiger partial charge in [-0.15, -0.1) is 0 Å². The van der Waals surface area contributed by atoms with Gasteiger partial charge in [-0.25, -0.2) is 5.01 Å². The molecule has 4 nitrogen and oxygen atoms in total. The molecule has 0 aromatic heterocycles. The molecule has 0 aromatic carbocycles. The molecule has 0 saturated carbocycles. The van der Waals surface area contributed by atoms with Crippen LogP contribution < -0.4 is 10.7 Å². The Morgan fingerprint density at radius 2 is 2.43 bits per heavy atom. The predicted octanol–water partition coefficient (Wildman–Crippen LogP) is 0.113. The van der Waals surface area contributed by atoms with Crippen LogP contribution in [0.2, 0.25) is 0 Å². The van der Waals surface area contributed by atoms with E-state index in [0.29, 0.717) is 6.42 Å². The molecule has 0 aromatic rings. The van der Waals surface area contributed by atoms with E-state index in [1.807, 2.05) is 0 Å². The van der Waals surface area contributed by atoms with Crippen molar-refractivity contribution >= 4 is 5.91 Å². The fourth-order valence-corrected chi connectivity index (χ4v) is 2.20. The molecule has 2 heterocycles. The second kappa shape index (κ2) is 4.75. The Bertz CT molecular complexity index is 202. The summed E-state index contributed by atoms with van der Waals surface area (Å²) in [5, 5.41) is 5.47. The topological polar surface area (TPSA) is 44.4 Å². The first-order valence-corrected chi connectivity index (χ1v) is 5.60. The third-order valence-electron chi connectivity index (χ3n) is 3.10. The molecule has 0 bridgehead atoms. The molecule has 14 heavy (non-hydrogen) atoms. The van der Waals surface area contributed by atoms with Crippen LogP contribution >= 0.6 is 0 Å². The van der Waals surface area contributed by atoms with Crippen LogP contribution in [0.4, 0.5) is 0 Å². The van der Waals surface area contributed by atoms with Gasteiger partial charge in [-0.2, -0.15) is 0 Å². The Hall–Kier alpha value is -0.610. The second-order valence-electron chi connectivity index (χ2n) is 4.27. The molecule has 80 valence electrons. The normalized spacial score (nSPS) is 29.1. The predicted molar refractivity (Wildman–Crippen MR) is 54.5 cm³/mol. The lowest BCUT2D eigenvalue weighted by molar-refractivity contribution is -0.121. The van der Waals surface area contributed by atoms with Gasteiger partial charge in [-0.05, 0) is 38.3 Å². The van der Waals surface area contributed by atoms with Crippen LogP contribution in [-0.2, 0) is 4.79 Å². The number of carbonyl (C=O) groups is 1. The summed E-state index contributed by atoms with van der Waals surface area (Å²) in [6.45, 7) is 4.23. The van der Waals surface area contributed by atoms with Crippen molar-refractivity contribution in [1.29, 1.82) is 0 Å². The van der Waals surface area contributed by atoms with Crippen molar-refractivity contribution in [2.45, 2.75) is 25.7 Å². The zero-order valence-corrected chi connectivity index (χ0v) is 8.59. The van der Waals surface area contributed by atoms with Crippen LogP contribution in [0.5, 0.6) is 0 Å². The van der Waals surface area contributed by atoms with Crippen molar-refractivity contribution in [1.82, 2.24) is 15.8 Å². The maximum absolute atomic E-state index is 10.9. The number of carbonyl (C=O) groups excluding carboxylic acids is 1. The van der Waals surface area contributed by atoms with Gasteiger partial charge < -0.3 is 5.32 Å². The van der Waals surface area contributed by atoms with E-state index in [4.69, 9.17) is 0 Å². The Morgan fingerprint density at radius 3 is 3.07 bits per heavy atom. The lowest BCUT2D eigenvalue weighted by Gasteiger charge is -2.24. The van der Waals surface area contributed by atoms with E-state index in [1.165, 1.54) is 25.8 Å². The molecule has 0 aliphatic carbocycles. The standard InChI is InChI=1S/C10H19N3O/c14-10-4-7-13(12-10)6-3-9-2-1-5-11-8-9/h9,11H,1-8H2,(H,12,14). The SMILES string of the molecule is O=C1CCN(CCC2CCCNC2)N1. The van der Waals surface area contributed by atoms with Crippen LogP contribution in [0.25, 0.3) is 0 Å². The first-order chi connectivity index (χ1) is 6.84. The van der Waals surface area contributed by atoms with Gasteiger partial charge in [0.25, 0.3) is 0 Å². The number of rotatable bonds is 3. The zero-order valence-electron chi connectivity index (χ0n) is 8.59. The molecular formula is C10H19N3O. The Labute approximate surface area is 85.0 Å². The average molecular weight is 197 g/mol. The molecule has 0 spiro atoms. The summed E-state index contributed by atoms with van der Waals surface area (Å²) in [6.07, 6.45) is 4.52. The number of hydrazine groups is 1. The molecule has 1 atom stereocenters. The lowest BCUT2D eigenvalue weighted by Crippen LogP contribution is -2.37. The van der Waals surface area contributed by atoms with Crippen molar-refractivity contribution in [3.05, 3.63) is 0 Å². The monoisotopic (exact) mass is 197 g/mol. The first-order valence-electron chi connectivity index (χ1n) is 5.60. The third kappa shape index (κ3) is 2.69. The summed E-state index contributed by atoms with van der Waals surface area (Å²) < 4.78 is 0. The lowest BCUT2D eigenvalue weighted by atomic mass is 9.96. The van der Waals surface area contributed by atoms with Crippen molar-refractivity contribution in [3.8, 4) is 0 Å². The summed E-state index contributed by atoms with van der Waals surface area (Å²) in [6, 6.07) is 0. The molecule has 4 heteroatoms. The largest absolute Gasteiger partial charge is 0.316 e. The van der Waals surface area contributed by atoms with Crippen molar-refractivity contribution in [3.63, 3.8) is 0 Å². The maximum Gasteiger partial charge on any atom is 0.235 e. The summed E-state index contributed by atoms with van der Waals surface area (Å²) >= 11 is 0. The van der Waals surface area contributed by atoms with Gasteiger partial charge in [0.05, 0.1) is 0 Å². The second-order valence-corrected chi connectivity index (χ2v) is 4.27. The maximum atomic E-state index is 10.9. The number of piperidine rings is 1. The zero-order chi connectivity index (χ0) is 9.80. The minimum Gasteiger partial charge on any atom is -0.316 e. The molecule has 2 saturated heterocycles. The molecule has 2 fully saturated rings. The molecule has 2 aliphatic rings. The van der Waals surface area contributed by atoms with Gasteiger partial charge in [-0.3, -0.25) is 10.2 Å². The van der Waals surface area contributed by atoms with Crippen LogP contribution in [0, 0.1) is 5.92 Å². The summed E-state index contributed by atoms with van der Waals surface area (Å²) in [4.78, 5) is 10.9. The minimum atomic E-state index is 0.173. The molecule has 1 unspecified atom stereocenters. The molecule has 1 amide bonds. The molecule has 2 rings (SSSR count). The minimum absolute atomic E-state index is 0.173. The number of hydrogen-bond acceptors (Lipinski definition) is 3. The van der Waals surface area contributed by atoms with E-state index in [9.17, 15) is 4.79 Å².